The summed E-state index contributed by atoms with van der Waals surface area (Å²) in [6.45, 7) is 0.0920. The molecule has 0 spiro atoms. The molecule has 0 aliphatic rings. The molecular formula is C9H8O4. The second-order valence-electron chi connectivity index (χ2n) is 2.20. The summed E-state index contributed by atoms with van der Waals surface area (Å²) in [6.07, 6.45) is 0. The van der Waals surface area contributed by atoms with Crippen LogP contribution in [0, 0.1) is 0 Å². The minimum absolute atomic E-state index is 0.0920. The number of esters is 1. The smallest absolute Gasteiger partial charge is 0.349 e. The van der Waals surface area contributed by atoms with Crippen LogP contribution >= 0.6 is 0 Å². The van der Waals surface area contributed by atoms with E-state index >= 15 is 0 Å². The molecule has 0 atom stereocenters. The Morgan fingerprint density at radius 3 is 2.69 bits per heavy atom. The Hall–Kier alpha value is -1.84. The largest absolute Gasteiger partial charge is 0.496 e. The van der Waals surface area contributed by atoms with Gasteiger partial charge in [0, 0.05) is 0 Å². The summed E-state index contributed by atoms with van der Waals surface area (Å²) in [4.78, 5) is 21.0. The zero-order valence-corrected chi connectivity index (χ0v) is 7.02. The molecule has 0 unspecified atom stereocenters. The second kappa shape index (κ2) is 4.25. The Balaban J connectivity index is 2.98. The van der Waals surface area contributed by atoms with E-state index in [2.05, 4.69) is 4.74 Å². The van der Waals surface area contributed by atoms with Crippen molar-refractivity contribution in [2.75, 3.05) is 7.11 Å². The van der Waals surface area contributed by atoms with E-state index in [0.717, 1.165) is 0 Å². The van der Waals surface area contributed by atoms with E-state index in [4.69, 9.17) is 4.74 Å². The molecule has 0 amide bonds. The number of hydrogen-bond acceptors (Lipinski definition) is 4. The SMILES string of the molecule is COc1ccccc1C(=O)OC=O. The zero-order valence-electron chi connectivity index (χ0n) is 7.02. The first-order valence-corrected chi connectivity index (χ1v) is 3.57. The van der Waals surface area contributed by atoms with Gasteiger partial charge < -0.3 is 9.47 Å². The van der Waals surface area contributed by atoms with Crippen LogP contribution in [0.1, 0.15) is 10.4 Å². The Morgan fingerprint density at radius 1 is 1.38 bits per heavy atom. The Morgan fingerprint density at radius 2 is 2.08 bits per heavy atom. The first-order valence-electron chi connectivity index (χ1n) is 3.57. The van der Waals surface area contributed by atoms with Crippen molar-refractivity contribution >= 4 is 12.4 Å². The van der Waals surface area contributed by atoms with Crippen molar-refractivity contribution in [3.63, 3.8) is 0 Å². The molecule has 0 aliphatic heterocycles. The van der Waals surface area contributed by atoms with Crippen LogP contribution in [0.5, 0.6) is 5.75 Å². The predicted octanol–water partition coefficient (Wildman–Crippen LogP) is 1.01. The van der Waals surface area contributed by atoms with E-state index in [1.807, 2.05) is 0 Å². The highest BCUT2D eigenvalue weighted by molar-refractivity contribution is 5.95. The molecule has 4 nitrogen and oxygen atoms in total. The maximum absolute atomic E-state index is 11.1. The molecule has 1 aromatic rings. The summed E-state index contributed by atoms with van der Waals surface area (Å²) in [5.41, 5.74) is 0.233. The van der Waals surface area contributed by atoms with Gasteiger partial charge in [-0.25, -0.2) is 4.79 Å². The monoisotopic (exact) mass is 180 g/mol. The van der Waals surface area contributed by atoms with Gasteiger partial charge in [-0.1, -0.05) is 12.1 Å². The van der Waals surface area contributed by atoms with Crippen LogP contribution in [-0.2, 0) is 9.53 Å². The molecular weight excluding hydrogens is 172 g/mol. The summed E-state index contributed by atoms with van der Waals surface area (Å²) in [6, 6.07) is 6.51. The van der Waals surface area contributed by atoms with E-state index in [1.165, 1.54) is 13.2 Å². The lowest BCUT2D eigenvalue weighted by molar-refractivity contribution is -0.123. The van der Waals surface area contributed by atoms with Gasteiger partial charge in [0.15, 0.2) is 0 Å². The molecule has 0 saturated heterocycles. The molecule has 1 rings (SSSR count). The van der Waals surface area contributed by atoms with Gasteiger partial charge in [-0.05, 0) is 12.1 Å². The van der Waals surface area contributed by atoms with Gasteiger partial charge >= 0.3 is 12.4 Å². The fourth-order valence-electron chi connectivity index (χ4n) is 0.920. The van der Waals surface area contributed by atoms with Crippen LogP contribution in [0.15, 0.2) is 24.3 Å². The molecule has 13 heavy (non-hydrogen) atoms. The van der Waals surface area contributed by atoms with Crippen LogP contribution in [0.3, 0.4) is 0 Å². The summed E-state index contributed by atoms with van der Waals surface area (Å²) < 4.78 is 9.07. The van der Waals surface area contributed by atoms with E-state index in [1.54, 1.807) is 18.2 Å². The molecule has 0 heterocycles. The van der Waals surface area contributed by atoms with Crippen molar-refractivity contribution < 1.29 is 19.1 Å². The van der Waals surface area contributed by atoms with Crippen molar-refractivity contribution in [3.05, 3.63) is 29.8 Å². The highest BCUT2D eigenvalue weighted by Gasteiger charge is 2.11. The Kier molecular flexibility index (Phi) is 3.03. The van der Waals surface area contributed by atoms with Crippen LogP contribution in [0.2, 0.25) is 0 Å². The van der Waals surface area contributed by atoms with E-state index in [0.29, 0.717) is 5.75 Å². The second-order valence-corrected chi connectivity index (χ2v) is 2.20. The van der Waals surface area contributed by atoms with Crippen LogP contribution in [0.25, 0.3) is 0 Å². The fraction of sp³-hybridized carbons (Fsp3) is 0.111. The molecule has 0 radical (unpaired) electrons. The molecule has 0 bridgehead atoms. The van der Waals surface area contributed by atoms with Crippen molar-refractivity contribution in [3.8, 4) is 5.75 Å². The number of carbonyl (C=O) groups excluding carboxylic acids is 2. The Labute approximate surface area is 75.1 Å². The lowest BCUT2D eigenvalue weighted by Crippen LogP contribution is -2.05. The minimum Gasteiger partial charge on any atom is -0.496 e. The van der Waals surface area contributed by atoms with Crippen LogP contribution in [0.4, 0.5) is 0 Å². The quantitative estimate of drug-likeness (QED) is 0.395. The summed E-state index contributed by atoms with van der Waals surface area (Å²) in [5.74, 6) is -0.332. The van der Waals surface area contributed by atoms with Gasteiger partial charge in [0.05, 0.1) is 7.11 Å². The van der Waals surface area contributed by atoms with E-state index < -0.39 is 5.97 Å². The van der Waals surface area contributed by atoms with Gasteiger partial charge in [0.2, 0.25) is 0 Å². The fourth-order valence-corrected chi connectivity index (χ4v) is 0.920. The van der Waals surface area contributed by atoms with E-state index in [9.17, 15) is 9.59 Å². The van der Waals surface area contributed by atoms with Gasteiger partial charge in [-0.15, -0.1) is 0 Å². The van der Waals surface area contributed by atoms with E-state index in [-0.39, 0.29) is 12.0 Å². The molecule has 4 heteroatoms. The first kappa shape index (κ1) is 9.25. The van der Waals surface area contributed by atoms with Crippen molar-refractivity contribution in [1.82, 2.24) is 0 Å². The maximum Gasteiger partial charge on any atom is 0.349 e. The van der Waals surface area contributed by atoms with Crippen LogP contribution in [-0.4, -0.2) is 19.6 Å². The Bertz CT molecular complexity index is 319. The molecule has 0 aromatic heterocycles. The number of ether oxygens (including phenoxy) is 2. The lowest BCUT2D eigenvalue weighted by atomic mass is 10.2. The van der Waals surface area contributed by atoms with Gasteiger partial charge in [0.25, 0.3) is 0 Å². The average Bonchev–Trinajstić information content (AvgIpc) is 2.18. The summed E-state index contributed by atoms with van der Waals surface area (Å²) in [5, 5.41) is 0. The molecule has 0 saturated carbocycles. The van der Waals surface area contributed by atoms with Crippen LogP contribution < -0.4 is 4.74 Å². The van der Waals surface area contributed by atoms with Gasteiger partial charge in [-0.3, -0.25) is 4.79 Å². The number of rotatable bonds is 3. The van der Waals surface area contributed by atoms with Crippen molar-refractivity contribution in [1.29, 1.82) is 0 Å². The zero-order chi connectivity index (χ0) is 9.68. The number of methoxy groups -OCH3 is 1. The standard InChI is InChI=1S/C9H8O4/c1-12-8-5-3-2-4-7(8)9(11)13-6-10/h2-6H,1H3. The first-order chi connectivity index (χ1) is 6.29. The van der Waals surface area contributed by atoms with Gasteiger partial charge in [0.1, 0.15) is 11.3 Å². The molecule has 0 N–H and O–H groups in total. The molecule has 1 aromatic carbocycles. The molecule has 0 aliphatic carbocycles. The summed E-state index contributed by atoms with van der Waals surface area (Å²) >= 11 is 0. The maximum atomic E-state index is 11.1. The highest BCUT2D eigenvalue weighted by Crippen LogP contribution is 2.17. The molecule has 68 valence electrons. The number of para-hydroxylation sites is 1. The topological polar surface area (TPSA) is 52.6 Å². The van der Waals surface area contributed by atoms with Gasteiger partial charge in [-0.2, -0.15) is 0 Å². The van der Waals surface area contributed by atoms with Crippen molar-refractivity contribution in [2.45, 2.75) is 0 Å². The number of hydrogen-bond donors (Lipinski definition) is 0. The predicted molar refractivity (Wildman–Crippen MR) is 44.5 cm³/mol. The highest BCUT2D eigenvalue weighted by atomic mass is 16.6. The summed E-state index contributed by atoms with van der Waals surface area (Å²) in [7, 11) is 1.44. The third-order valence-electron chi connectivity index (χ3n) is 1.48. The van der Waals surface area contributed by atoms with Crippen molar-refractivity contribution in [2.24, 2.45) is 0 Å². The average molecular weight is 180 g/mol. The third-order valence-corrected chi connectivity index (χ3v) is 1.48. The minimum atomic E-state index is -0.715. The number of benzene rings is 1. The number of carbonyl (C=O) groups is 2. The lowest BCUT2D eigenvalue weighted by Gasteiger charge is -2.04. The third kappa shape index (κ3) is 2.05. The molecule has 0 fully saturated rings. The normalized spacial score (nSPS) is 9.00.